The quantitative estimate of drug-likeness (QED) is 0.117. The Morgan fingerprint density at radius 1 is 0.571 bits per heavy atom. The van der Waals surface area contributed by atoms with Crippen molar-refractivity contribution in [1.82, 2.24) is 34.7 Å². The van der Waals surface area contributed by atoms with E-state index in [1.807, 2.05) is 35.1 Å². The van der Waals surface area contributed by atoms with Crippen LogP contribution in [-0.2, 0) is 18.5 Å². The maximum Gasteiger partial charge on any atom is 0.184 e. The van der Waals surface area contributed by atoms with Crippen molar-refractivity contribution in [2.75, 3.05) is 0 Å². The van der Waals surface area contributed by atoms with Crippen LogP contribution in [0.4, 0.5) is 0 Å². The van der Waals surface area contributed by atoms with Crippen LogP contribution < -0.4 is 0 Å². The fourth-order valence-corrected chi connectivity index (χ4v) is 8.00. The van der Waals surface area contributed by atoms with Gasteiger partial charge in [0, 0.05) is 30.3 Å². The van der Waals surface area contributed by atoms with Gasteiger partial charge in [-0.2, -0.15) is 0 Å². The Kier molecular flexibility index (Phi) is 9.56. The molecule has 0 fully saturated rings. The summed E-state index contributed by atoms with van der Waals surface area (Å²) in [6.07, 6.45) is 5.00. The maximum absolute atomic E-state index is 5.20. The molecule has 0 N–H and O–H groups in total. The van der Waals surface area contributed by atoms with Crippen LogP contribution in [0, 0.1) is 0 Å². The van der Waals surface area contributed by atoms with Gasteiger partial charge < -0.3 is 4.57 Å². The van der Waals surface area contributed by atoms with Crippen molar-refractivity contribution < 1.29 is 0 Å². The number of aromatic nitrogens is 7. The summed E-state index contributed by atoms with van der Waals surface area (Å²) in [4.78, 5) is 9.98. The van der Waals surface area contributed by atoms with Crippen LogP contribution >= 0.6 is 0 Å². The second-order valence-electron chi connectivity index (χ2n) is 14.1. The Morgan fingerprint density at radius 2 is 1.14 bits per heavy atom. The third-order valence-corrected chi connectivity index (χ3v) is 10.7. The lowest BCUT2D eigenvalue weighted by Gasteiger charge is -2.36. The number of tetrazole rings is 1. The van der Waals surface area contributed by atoms with Gasteiger partial charge in [-0.25, -0.2) is 9.67 Å². The molecule has 6 aromatic carbocycles. The smallest absolute Gasteiger partial charge is 0.184 e. The van der Waals surface area contributed by atoms with Gasteiger partial charge in [-0.05, 0) is 56.3 Å². The van der Waals surface area contributed by atoms with Crippen molar-refractivity contribution in [1.29, 1.82) is 0 Å². The first-order chi connectivity index (χ1) is 27.8. The van der Waals surface area contributed by atoms with Gasteiger partial charge in [0.05, 0.1) is 11.2 Å². The van der Waals surface area contributed by atoms with E-state index in [2.05, 4.69) is 168 Å². The molecule has 0 unspecified atom stereocenters. The number of hydrogen-bond acceptors (Lipinski definition) is 5. The fourth-order valence-electron chi connectivity index (χ4n) is 8.00. The first-order valence-electron chi connectivity index (χ1n) is 19.3. The van der Waals surface area contributed by atoms with E-state index in [-0.39, 0.29) is 0 Å². The third-order valence-electron chi connectivity index (χ3n) is 10.7. The summed E-state index contributed by atoms with van der Waals surface area (Å²) in [5.41, 5.74) is 10.7. The summed E-state index contributed by atoms with van der Waals surface area (Å²) in [6.45, 7) is 2.94. The number of fused-ring (bicyclic) bond motifs is 1. The molecule has 272 valence electrons. The summed E-state index contributed by atoms with van der Waals surface area (Å²) in [5.74, 6) is 1.77. The standard InChI is InChI=1S/C49H41N7/c1-2-3-28-45-51-47-44(33-34-50-46(47)38-18-8-4-9-19-38)55(45)35-36-29-31-37(32-30-36)42-26-16-17-27-43(42)48-52-53-54-56(48)49(39-20-10-5-11-21-39,40-22-12-6-13-23-40)41-24-14-7-15-25-41/h4-27,29-34H,2-3,28,35H2,1H3. The van der Waals surface area contributed by atoms with E-state index in [9.17, 15) is 0 Å². The Balaban J connectivity index is 1.12. The average Bonchev–Trinajstić information content (AvgIpc) is 3.90. The molecule has 56 heavy (non-hydrogen) atoms. The lowest BCUT2D eigenvalue weighted by atomic mass is 9.77. The van der Waals surface area contributed by atoms with Crippen molar-refractivity contribution in [3.05, 3.63) is 210 Å². The molecule has 0 radical (unpaired) electrons. The van der Waals surface area contributed by atoms with Gasteiger partial charge in [0.25, 0.3) is 0 Å². The summed E-state index contributed by atoms with van der Waals surface area (Å²) in [6, 6.07) is 61.3. The predicted molar refractivity (Wildman–Crippen MR) is 224 cm³/mol. The summed E-state index contributed by atoms with van der Waals surface area (Å²) in [5, 5.41) is 13.9. The highest BCUT2D eigenvalue weighted by molar-refractivity contribution is 5.90. The number of aryl methyl sites for hydroxylation is 1. The number of hydrogen-bond donors (Lipinski definition) is 0. The Hall–Kier alpha value is -6.99. The van der Waals surface area contributed by atoms with E-state index >= 15 is 0 Å². The van der Waals surface area contributed by atoms with Crippen molar-refractivity contribution >= 4 is 11.0 Å². The first-order valence-corrected chi connectivity index (χ1v) is 19.3. The molecule has 9 aromatic rings. The van der Waals surface area contributed by atoms with Gasteiger partial charge in [0.15, 0.2) is 5.82 Å². The second-order valence-corrected chi connectivity index (χ2v) is 14.1. The van der Waals surface area contributed by atoms with E-state index in [1.54, 1.807) is 0 Å². The molecule has 3 heterocycles. The predicted octanol–water partition coefficient (Wildman–Crippen LogP) is 10.6. The van der Waals surface area contributed by atoms with Crippen molar-refractivity contribution in [3.63, 3.8) is 0 Å². The molecule has 0 bridgehead atoms. The van der Waals surface area contributed by atoms with Gasteiger partial charge in [-0.1, -0.05) is 183 Å². The molecular formula is C49H41N7. The fraction of sp³-hybridized carbons (Fsp3) is 0.122. The highest BCUT2D eigenvalue weighted by Crippen LogP contribution is 2.43. The van der Waals surface area contributed by atoms with Crippen LogP contribution in [0.3, 0.4) is 0 Å². The van der Waals surface area contributed by atoms with Crippen LogP contribution in [-0.4, -0.2) is 34.7 Å². The summed E-state index contributed by atoms with van der Waals surface area (Å²) in [7, 11) is 0. The Bertz CT molecular complexity index is 2590. The molecule has 7 nitrogen and oxygen atoms in total. The molecule has 0 spiro atoms. The van der Waals surface area contributed by atoms with Gasteiger partial charge in [-0.3, -0.25) is 4.98 Å². The maximum atomic E-state index is 5.20. The molecule has 0 saturated heterocycles. The number of pyridine rings is 1. The zero-order valence-electron chi connectivity index (χ0n) is 31.3. The minimum absolute atomic E-state index is 0.675. The lowest BCUT2D eigenvalue weighted by molar-refractivity contribution is 0.451. The van der Waals surface area contributed by atoms with E-state index in [0.29, 0.717) is 12.4 Å². The van der Waals surface area contributed by atoms with E-state index in [4.69, 9.17) is 20.3 Å². The van der Waals surface area contributed by atoms with Crippen LogP contribution in [0.2, 0.25) is 0 Å². The monoisotopic (exact) mass is 727 g/mol. The zero-order chi connectivity index (χ0) is 37.7. The number of rotatable bonds is 12. The largest absolute Gasteiger partial charge is 0.323 e. The minimum atomic E-state index is -0.849. The molecule has 0 aliphatic heterocycles. The van der Waals surface area contributed by atoms with Crippen molar-refractivity contribution in [3.8, 4) is 33.8 Å². The normalized spacial score (nSPS) is 11.6. The van der Waals surface area contributed by atoms with Crippen LogP contribution in [0.25, 0.3) is 44.8 Å². The molecule has 3 aromatic heterocycles. The van der Waals surface area contributed by atoms with E-state index < -0.39 is 5.54 Å². The molecule has 0 saturated carbocycles. The molecule has 7 heteroatoms. The molecule has 0 atom stereocenters. The number of benzene rings is 6. The van der Waals surface area contributed by atoms with Gasteiger partial charge in [0.2, 0.25) is 0 Å². The molecular weight excluding hydrogens is 687 g/mol. The second kappa shape index (κ2) is 15.4. The van der Waals surface area contributed by atoms with Crippen molar-refractivity contribution in [2.24, 2.45) is 0 Å². The first kappa shape index (κ1) is 34.8. The van der Waals surface area contributed by atoms with Crippen LogP contribution in [0.1, 0.15) is 47.8 Å². The van der Waals surface area contributed by atoms with Crippen LogP contribution in [0.15, 0.2) is 182 Å². The molecule has 0 amide bonds. The minimum Gasteiger partial charge on any atom is -0.323 e. The highest BCUT2D eigenvalue weighted by Gasteiger charge is 2.42. The van der Waals surface area contributed by atoms with Gasteiger partial charge in [-0.15, -0.1) is 5.10 Å². The average molecular weight is 728 g/mol. The zero-order valence-corrected chi connectivity index (χ0v) is 31.3. The van der Waals surface area contributed by atoms with Crippen molar-refractivity contribution in [2.45, 2.75) is 38.3 Å². The number of unbranched alkanes of at least 4 members (excludes halogenated alkanes) is 1. The van der Waals surface area contributed by atoms with Gasteiger partial charge >= 0.3 is 0 Å². The number of nitrogens with zero attached hydrogens (tertiary/aromatic N) is 7. The SMILES string of the molecule is CCCCc1nc2c(-c3ccccc3)nccc2n1Cc1ccc(-c2ccccc2-c2nnnn2C(c2ccccc2)(c2ccccc2)c2ccccc2)cc1. The van der Waals surface area contributed by atoms with Crippen LogP contribution in [0.5, 0.6) is 0 Å². The Morgan fingerprint density at radius 3 is 1.75 bits per heavy atom. The summed E-state index contributed by atoms with van der Waals surface area (Å²) >= 11 is 0. The van der Waals surface area contributed by atoms with E-state index in [0.717, 1.165) is 80.8 Å². The molecule has 0 aliphatic rings. The van der Waals surface area contributed by atoms with E-state index in [1.165, 1.54) is 5.56 Å². The number of imidazole rings is 1. The van der Waals surface area contributed by atoms with Gasteiger partial charge in [0.1, 0.15) is 16.9 Å². The third kappa shape index (κ3) is 6.27. The molecule has 0 aliphatic carbocycles. The lowest BCUT2D eigenvalue weighted by Crippen LogP contribution is -2.39. The summed E-state index contributed by atoms with van der Waals surface area (Å²) < 4.78 is 4.37. The highest BCUT2D eigenvalue weighted by atomic mass is 15.6. The molecule has 9 rings (SSSR count). The topological polar surface area (TPSA) is 74.3 Å². The Labute approximate surface area is 327 Å².